The molecule has 156 valence electrons. The molecule has 0 aromatic heterocycles. The number of nitrogens with zero attached hydrogens (tertiary/aromatic N) is 1. The van der Waals surface area contributed by atoms with Crippen LogP contribution in [0.15, 0.2) is 54.6 Å². The first-order valence-corrected chi connectivity index (χ1v) is 10.6. The van der Waals surface area contributed by atoms with Crippen LogP contribution in [0.4, 0.5) is 0 Å². The molecule has 2 heterocycles. The minimum atomic E-state index is -0.305. The van der Waals surface area contributed by atoms with Crippen LogP contribution in [-0.4, -0.2) is 50.3 Å². The molecule has 0 saturated heterocycles. The summed E-state index contributed by atoms with van der Waals surface area (Å²) in [5, 5.41) is 0. The number of rotatable bonds is 3. The Balaban J connectivity index is 1.49. The Kier molecular flexibility index (Phi) is 4.78. The summed E-state index contributed by atoms with van der Waals surface area (Å²) in [6.45, 7) is 2.02. The van der Waals surface area contributed by atoms with Gasteiger partial charge in [-0.05, 0) is 56.3 Å². The van der Waals surface area contributed by atoms with E-state index in [2.05, 4.69) is 30.2 Å². The number of esters is 1. The van der Waals surface area contributed by atoms with Gasteiger partial charge in [0, 0.05) is 18.5 Å². The maximum atomic E-state index is 12.6. The summed E-state index contributed by atoms with van der Waals surface area (Å²) in [5.41, 5.74) is 2.95. The molecule has 2 aromatic carbocycles. The van der Waals surface area contributed by atoms with Crippen molar-refractivity contribution in [2.75, 3.05) is 27.2 Å². The SMILES string of the molecule is COc1ccc2c3c1OC1C[C@@H](OC(=O)c4ccccc4)C=C[C@@]31CCN(C)CC2. The summed E-state index contributed by atoms with van der Waals surface area (Å²) >= 11 is 0. The van der Waals surface area contributed by atoms with Crippen molar-refractivity contribution in [3.8, 4) is 11.5 Å². The summed E-state index contributed by atoms with van der Waals surface area (Å²) in [5.74, 6) is 1.35. The zero-order chi connectivity index (χ0) is 20.7. The van der Waals surface area contributed by atoms with Gasteiger partial charge in [-0.1, -0.05) is 30.3 Å². The van der Waals surface area contributed by atoms with Crippen molar-refractivity contribution < 1.29 is 19.0 Å². The number of carbonyl (C=O) groups is 1. The molecule has 3 atom stereocenters. The molecule has 2 aliphatic heterocycles. The minimum Gasteiger partial charge on any atom is -0.493 e. The lowest BCUT2D eigenvalue weighted by Crippen LogP contribution is -2.46. The molecule has 1 unspecified atom stereocenters. The molecule has 30 heavy (non-hydrogen) atoms. The standard InChI is InChI=1S/C25H27NO4/c1-26-14-11-17-8-9-20(28-2)23-22(17)25(13-15-26)12-10-19(16-21(25)30-23)29-24(27)18-6-4-3-5-7-18/h3-10,12,19,21H,11,13-16H2,1-2H3/t19-,21?,25-/m0/s1. The van der Waals surface area contributed by atoms with Gasteiger partial charge in [0.15, 0.2) is 11.5 Å². The van der Waals surface area contributed by atoms with Gasteiger partial charge in [0.1, 0.15) is 12.2 Å². The number of hydrogen-bond donors (Lipinski definition) is 0. The lowest BCUT2D eigenvalue weighted by atomic mass is 9.67. The second-order valence-corrected chi connectivity index (χ2v) is 8.49. The van der Waals surface area contributed by atoms with E-state index in [1.54, 1.807) is 19.2 Å². The zero-order valence-corrected chi connectivity index (χ0v) is 17.5. The van der Waals surface area contributed by atoms with E-state index in [9.17, 15) is 4.79 Å². The maximum absolute atomic E-state index is 12.6. The quantitative estimate of drug-likeness (QED) is 0.575. The van der Waals surface area contributed by atoms with Gasteiger partial charge in [0.05, 0.1) is 18.1 Å². The highest BCUT2D eigenvalue weighted by atomic mass is 16.6. The zero-order valence-electron chi connectivity index (χ0n) is 17.5. The van der Waals surface area contributed by atoms with Crippen molar-refractivity contribution >= 4 is 5.97 Å². The number of carbonyl (C=O) groups excluding carboxylic acids is 1. The van der Waals surface area contributed by atoms with Gasteiger partial charge >= 0.3 is 5.97 Å². The van der Waals surface area contributed by atoms with E-state index in [0.29, 0.717) is 12.0 Å². The maximum Gasteiger partial charge on any atom is 0.338 e. The van der Waals surface area contributed by atoms with Gasteiger partial charge in [-0.25, -0.2) is 4.79 Å². The molecular formula is C25H27NO4. The van der Waals surface area contributed by atoms with Crippen LogP contribution in [0.25, 0.3) is 0 Å². The van der Waals surface area contributed by atoms with Crippen LogP contribution in [-0.2, 0) is 16.6 Å². The molecule has 1 aliphatic carbocycles. The highest BCUT2D eigenvalue weighted by molar-refractivity contribution is 5.89. The molecule has 0 N–H and O–H groups in total. The van der Waals surface area contributed by atoms with Crippen molar-refractivity contribution in [1.82, 2.24) is 4.90 Å². The van der Waals surface area contributed by atoms with Gasteiger partial charge in [-0.3, -0.25) is 0 Å². The second-order valence-electron chi connectivity index (χ2n) is 8.49. The molecule has 0 bridgehead atoms. The number of hydrogen-bond acceptors (Lipinski definition) is 5. The van der Waals surface area contributed by atoms with Crippen molar-refractivity contribution in [2.24, 2.45) is 0 Å². The van der Waals surface area contributed by atoms with Crippen LogP contribution in [0, 0.1) is 0 Å². The molecule has 5 heteroatoms. The largest absolute Gasteiger partial charge is 0.493 e. The highest BCUT2D eigenvalue weighted by Gasteiger charge is 2.52. The molecule has 5 rings (SSSR count). The molecule has 0 saturated carbocycles. The predicted molar refractivity (Wildman–Crippen MR) is 114 cm³/mol. The lowest BCUT2D eigenvalue weighted by Gasteiger charge is -2.39. The summed E-state index contributed by atoms with van der Waals surface area (Å²) in [7, 11) is 3.86. The number of likely N-dealkylation sites (N-methyl/N-ethyl adjacent to an activating group) is 1. The van der Waals surface area contributed by atoms with E-state index in [0.717, 1.165) is 37.4 Å². The van der Waals surface area contributed by atoms with E-state index in [-0.39, 0.29) is 23.6 Å². The predicted octanol–water partition coefficient (Wildman–Crippen LogP) is 3.76. The summed E-state index contributed by atoms with van der Waals surface area (Å²) < 4.78 is 18.0. The van der Waals surface area contributed by atoms with Crippen LogP contribution >= 0.6 is 0 Å². The number of benzene rings is 2. The van der Waals surface area contributed by atoms with Crippen LogP contribution in [0.2, 0.25) is 0 Å². The Morgan fingerprint density at radius 3 is 2.80 bits per heavy atom. The average molecular weight is 405 g/mol. The van der Waals surface area contributed by atoms with E-state index < -0.39 is 0 Å². The minimum absolute atomic E-state index is 0.0763. The van der Waals surface area contributed by atoms with Gasteiger partial charge in [0.25, 0.3) is 0 Å². The van der Waals surface area contributed by atoms with Crippen LogP contribution < -0.4 is 9.47 Å². The first-order valence-electron chi connectivity index (χ1n) is 10.6. The third-order valence-electron chi connectivity index (χ3n) is 6.72. The molecule has 0 fully saturated rings. The van der Waals surface area contributed by atoms with Gasteiger partial charge in [-0.2, -0.15) is 0 Å². The fraction of sp³-hybridized carbons (Fsp3) is 0.400. The Hall–Kier alpha value is -2.79. The van der Waals surface area contributed by atoms with Gasteiger partial charge in [0.2, 0.25) is 0 Å². The van der Waals surface area contributed by atoms with Crippen molar-refractivity contribution in [3.05, 3.63) is 71.3 Å². The third kappa shape index (κ3) is 3.08. The summed E-state index contributed by atoms with van der Waals surface area (Å²) in [6, 6.07) is 13.3. The normalized spacial score (nSPS) is 27.3. The van der Waals surface area contributed by atoms with Crippen LogP contribution in [0.3, 0.4) is 0 Å². The van der Waals surface area contributed by atoms with Crippen LogP contribution in [0.1, 0.15) is 34.3 Å². The van der Waals surface area contributed by atoms with Crippen molar-refractivity contribution in [1.29, 1.82) is 0 Å². The summed E-state index contributed by atoms with van der Waals surface area (Å²) in [6.07, 6.45) is 6.50. The van der Waals surface area contributed by atoms with E-state index in [4.69, 9.17) is 14.2 Å². The Morgan fingerprint density at radius 1 is 1.17 bits per heavy atom. The van der Waals surface area contributed by atoms with Gasteiger partial charge in [-0.15, -0.1) is 0 Å². The van der Waals surface area contributed by atoms with Crippen LogP contribution in [0.5, 0.6) is 11.5 Å². The second kappa shape index (κ2) is 7.47. The average Bonchev–Trinajstić information content (AvgIpc) is 3.10. The fourth-order valence-corrected chi connectivity index (χ4v) is 5.06. The van der Waals surface area contributed by atoms with Gasteiger partial charge < -0.3 is 19.1 Å². The van der Waals surface area contributed by atoms with E-state index in [1.807, 2.05) is 24.3 Å². The fourth-order valence-electron chi connectivity index (χ4n) is 5.06. The molecule has 0 amide bonds. The first-order chi connectivity index (χ1) is 14.6. The smallest absolute Gasteiger partial charge is 0.338 e. The van der Waals surface area contributed by atoms with Crippen molar-refractivity contribution in [3.63, 3.8) is 0 Å². The molecule has 2 aromatic rings. The van der Waals surface area contributed by atoms with Crippen molar-refractivity contribution in [2.45, 2.75) is 36.9 Å². The molecular weight excluding hydrogens is 378 g/mol. The molecule has 5 nitrogen and oxygen atoms in total. The summed E-state index contributed by atoms with van der Waals surface area (Å²) in [4.78, 5) is 14.9. The lowest BCUT2D eigenvalue weighted by molar-refractivity contribution is 0.0214. The van der Waals surface area contributed by atoms with E-state index >= 15 is 0 Å². The number of methoxy groups -OCH3 is 1. The molecule has 1 spiro atoms. The first kappa shape index (κ1) is 19.2. The Bertz CT molecular complexity index is 986. The Morgan fingerprint density at radius 2 is 2.00 bits per heavy atom. The molecule has 0 radical (unpaired) electrons. The van der Waals surface area contributed by atoms with E-state index in [1.165, 1.54) is 11.1 Å². The number of ether oxygens (including phenoxy) is 3. The Labute approximate surface area is 177 Å². The topological polar surface area (TPSA) is 48.0 Å². The monoisotopic (exact) mass is 405 g/mol. The highest BCUT2D eigenvalue weighted by Crippen LogP contribution is 2.55. The third-order valence-corrected chi connectivity index (χ3v) is 6.72. The molecule has 3 aliphatic rings.